The van der Waals surface area contributed by atoms with Gasteiger partial charge in [0, 0.05) is 26.1 Å². The minimum absolute atomic E-state index is 0.113. The summed E-state index contributed by atoms with van der Waals surface area (Å²) in [6, 6.07) is 13.6. The van der Waals surface area contributed by atoms with Crippen molar-refractivity contribution in [1.29, 1.82) is 0 Å². The molecule has 0 unspecified atom stereocenters. The first-order valence-electron chi connectivity index (χ1n) is 10.4. The third-order valence-corrected chi connectivity index (χ3v) is 7.41. The fourth-order valence-electron chi connectivity index (χ4n) is 3.88. The molecule has 1 aromatic heterocycles. The van der Waals surface area contributed by atoms with Gasteiger partial charge < -0.3 is 9.73 Å². The number of aryl methyl sites for hydroxylation is 1. The van der Waals surface area contributed by atoms with Gasteiger partial charge in [0.05, 0.1) is 11.2 Å². The summed E-state index contributed by atoms with van der Waals surface area (Å²) >= 11 is 0. The fourth-order valence-corrected chi connectivity index (χ4v) is 5.54. The number of hydrogen-bond acceptors (Lipinski definition) is 5. The van der Waals surface area contributed by atoms with Crippen molar-refractivity contribution in [1.82, 2.24) is 8.87 Å². The number of nitrogens with one attached hydrogen (secondary N) is 1. The van der Waals surface area contributed by atoms with Gasteiger partial charge in [-0.05, 0) is 43.5 Å². The number of amides is 1. The molecular formula is C22H25N3O5S. The molecule has 1 N–H and O–H groups in total. The minimum Gasteiger partial charge on any atom is -0.408 e. The van der Waals surface area contributed by atoms with Gasteiger partial charge in [-0.3, -0.25) is 9.36 Å². The van der Waals surface area contributed by atoms with Gasteiger partial charge in [-0.1, -0.05) is 30.7 Å². The summed E-state index contributed by atoms with van der Waals surface area (Å²) in [5, 5.41) is 2.73. The van der Waals surface area contributed by atoms with Crippen LogP contribution in [0.2, 0.25) is 0 Å². The molecule has 0 atom stereocenters. The predicted molar refractivity (Wildman–Crippen MR) is 117 cm³/mol. The second-order valence-corrected chi connectivity index (χ2v) is 9.51. The molecular weight excluding hydrogens is 418 g/mol. The number of sulfonamides is 1. The molecule has 0 bridgehead atoms. The van der Waals surface area contributed by atoms with Crippen LogP contribution in [0.25, 0.3) is 11.1 Å². The van der Waals surface area contributed by atoms with Crippen LogP contribution in [0.15, 0.2) is 62.6 Å². The topological polar surface area (TPSA) is 102 Å². The Balaban J connectivity index is 1.42. The molecule has 1 saturated heterocycles. The number of oxazole rings is 1. The Labute approximate surface area is 180 Å². The molecule has 0 aliphatic carbocycles. The molecule has 2 aromatic carbocycles. The highest BCUT2D eigenvalue weighted by Gasteiger charge is 2.28. The molecule has 0 radical (unpaired) electrons. The first-order valence-corrected chi connectivity index (χ1v) is 11.9. The molecule has 2 heterocycles. The lowest BCUT2D eigenvalue weighted by Crippen LogP contribution is -2.36. The Kier molecular flexibility index (Phi) is 6.24. The molecule has 164 valence electrons. The quantitative estimate of drug-likeness (QED) is 0.604. The van der Waals surface area contributed by atoms with E-state index in [1.54, 1.807) is 36.4 Å². The smallest absolute Gasteiger partial charge is 0.408 e. The van der Waals surface area contributed by atoms with Crippen molar-refractivity contribution in [3.8, 4) is 0 Å². The summed E-state index contributed by atoms with van der Waals surface area (Å²) in [6.07, 6.45) is 3.27. The first-order chi connectivity index (χ1) is 15.0. The van der Waals surface area contributed by atoms with Gasteiger partial charge in [0.15, 0.2) is 5.58 Å². The van der Waals surface area contributed by atoms with Gasteiger partial charge in [-0.2, -0.15) is 4.31 Å². The highest BCUT2D eigenvalue weighted by Crippen LogP contribution is 2.27. The van der Waals surface area contributed by atoms with Crippen LogP contribution in [-0.4, -0.2) is 36.3 Å². The van der Waals surface area contributed by atoms with Crippen LogP contribution in [0.4, 0.5) is 5.69 Å². The van der Waals surface area contributed by atoms with Crippen LogP contribution in [0.1, 0.15) is 32.1 Å². The zero-order chi connectivity index (χ0) is 21.8. The lowest BCUT2D eigenvalue weighted by molar-refractivity contribution is -0.116. The van der Waals surface area contributed by atoms with Crippen molar-refractivity contribution < 1.29 is 17.6 Å². The number of hydrogen-bond donors (Lipinski definition) is 1. The van der Waals surface area contributed by atoms with Crippen molar-refractivity contribution in [3.05, 3.63) is 59.1 Å². The average molecular weight is 444 g/mol. The highest BCUT2D eigenvalue weighted by molar-refractivity contribution is 7.89. The normalized spacial score (nSPS) is 15.2. The third-order valence-electron chi connectivity index (χ3n) is 5.45. The second kappa shape index (κ2) is 9.07. The van der Waals surface area contributed by atoms with E-state index < -0.39 is 15.8 Å². The molecule has 0 saturated carbocycles. The van der Waals surface area contributed by atoms with E-state index in [0.29, 0.717) is 37.2 Å². The number of anilines is 1. The summed E-state index contributed by atoms with van der Waals surface area (Å²) in [6.45, 7) is 1.33. The van der Waals surface area contributed by atoms with E-state index in [0.717, 1.165) is 19.3 Å². The summed E-state index contributed by atoms with van der Waals surface area (Å²) in [4.78, 5) is 24.7. The van der Waals surface area contributed by atoms with Crippen molar-refractivity contribution in [2.75, 3.05) is 18.4 Å². The Morgan fingerprint density at radius 3 is 2.52 bits per heavy atom. The molecule has 4 rings (SSSR count). The monoisotopic (exact) mass is 443 g/mol. The van der Waals surface area contributed by atoms with E-state index in [4.69, 9.17) is 4.42 Å². The molecule has 9 heteroatoms. The van der Waals surface area contributed by atoms with Crippen LogP contribution >= 0.6 is 0 Å². The second-order valence-electron chi connectivity index (χ2n) is 7.60. The van der Waals surface area contributed by atoms with Crippen molar-refractivity contribution in [3.63, 3.8) is 0 Å². The van der Waals surface area contributed by atoms with E-state index in [1.807, 2.05) is 6.07 Å². The average Bonchev–Trinajstić information content (AvgIpc) is 3.10. The maximum Gasteiger partial charge on any atom is 0.419 e. The number of aromatic nitrogens is 1. The van der Waals surface area contributed by atoms with Gasteiger partial charge in [0.1, 0.15) is 4.90 Å². The number of nitrogens with zero attached hydrogens (tertiary/aromatic N) is 2. The van der Waals surface area contributed by atoms with E-state index in [2.05, 4.69) is 5.32 Å². The fraction of sp³-hybridized carbons (Fsp3) is 0.364. The van der Waals surface area contributed by atoms with Gasteiger partial charge in [-0.25, -0.2) is 13.2 Å². The van der Waals surface area contributed by atoms with Gasteiger partial charge >= 0.3 is 5.76 Å². The van der Waals surface area contributed by atoms with E-state index in [1.165, 1.54) is 14.9 Å². The van der Waals surface area contributed by atoms with Crippen LogP contribution in [-0.2, 0) is 21.4 Å². The zero-order valence-electron chi connectivity index (χ0n) is 17.1. The predicted octanol–water partition coefficient (Wildman–Crippen LogP) is 3.19. The zero-order valence-corrected chi connectivity index (χ0v) is 17.9. The molecule has 1 amide bonds. The van der Waals surface area contributed by atoms with Gasteiger partial charge in [0.2, 0.25) is 15.9 Å². The first kappa shape index (κ1) is 21.3. The number of benzene rings is 2. The summed E-state index contributed by atoms with van der Waals surface area (Å²) in [5.74, 6) is -0.762. The molecule has 31 heavy (non-hydrogen) atoms. The van der Waals surface area contributed by atoms with Crippen LogP contribution in [0.3, 0.4) is 0 Å². The van der Waals surface area contributed by atoms with E-state index in [-0.39, 0.29) is 22.9 Å². The number of fused-ring (bicyclic) bond motifs is 1. The number of carbonyl (C=O) groups excluding carboxylic acids is 1. The molecule has 3 aromatic rings. The standard InChI is InChI=1S/C22H25N3O5S/c26-21(13-8-16-25-18-10-3-4-11-19(18)30-22(25)27)23-17-9-2-5-12-20(17)31(28,29)24-14-6-1-7-15-24/h2-5,9-12H,1,6-8,13-16H2,(H,23,26). The Morgan fingerprint density at radius 1 is 1.00 bits per heavy atom. The third kappa shape index (κ3) is 4.57. The maximum atomic E-state index is 13.0. The van der Waals surface area contributed by atoms with E-state index >= 15 is 0 Å². The van der Waals surface area contributed by atoms with Crippen molar-refractivity contribution in [2.45, 2.75) is 43.5 Å². The molecule has 0 spiro atoms. The van der Waals surface area contributed by atoms with Gasteiger partial charge in [0.25, 0.3) is 0 Å². The Morgan fingerprint density at radius 2 is 1.71 bits per heavy atom. The highest BCUT2D eigenvalue weighted by atomic mass is 32.2. The number of piperidine rings is 1. The van der Waals surface area contributed by atoms with Gasteiger partial charge in [-0.15, -0.1) is 0 Å². The minimum atomic E-state index is -3.66. The molecule has 1 fully saturated rings. The van der Waals surface area contributed by atoms with Crippen molar-refractivity contribution in [2.24, 2.45) is 0 Å². The summed E-state index contributed by atoms with van der Waals surface area (Å²) in [7, 11) is -3.66. The largest absolute Gasteiger partial charge is 0.419 e. The maximum absolute atomic E-state index is 13.0. The summed E-state index contributed by atoms with van der Waals surface area (Å²) in [5.41, 5.74) is 1.48. The number of rotatable bonds is 7. The summed E-state index contributed by atoms with van der Waals surface area (Å²) < 4.78 is 34.3. The van der Waals surface area contributed by atoms with Crippen molar-refractivity contribution >= 4 is 32.7 Å². The van der Waals surface area contributed by atoms with Crippen LogP contribution in [0.5, 0.6) is 0 Å². The SMILES string of the molecule is O=C(CCCn1c(=O)oc2ccccc21)Nc1ccccc1S(=O)(=O)N1CCCCC1. The number of carbonyl (C=O) groups is 1. The molecule has 1 aliphatic rings. The molecule has 8 nitrogen and oxygen atoms in total. The molecule has 1 aliphatic heterocycles. The Bertz CT molecular complexity index is 1240. The lowest BCUT2D eigenvalue weighted by atomic mass is 10.2. The van der Waals surface area contributed by atoms with E-state index in [9.17, 15) is 18.0 Å². The number of para-hydroxylation sites is 3. The van der Waals surface area contributed by atoms with Crippen LogP contribution in [0, 0.1) is 0 Å². The lowest BCUT2D eigenvalue weighted by Gasteiger charge is -2.26. The van der Waals surface area contributed by atoms with Crippen LogP contribution < -0.4 is 11.1 Å². The Hall–Kier alpha value is -2.91.